The standard InChI is InChI=1S/C17H27BrN2O/c1-20(2)17(9-5-4-6-10-17)13-19-12-14-11-15(18)7-8-16(14)21-3/h7-8,11,19H,4-6,9-10,12-13H2,1-3H3. The molecule has 0 bridgehead atoms. The number of rotatable bonds is 6. The molecule has 3 nitrogen and oxygen atoms in total. The lowest BCUT2D eigenvalue weighted by atomic mass is 9.80. The zero-order valence-electron chi connectivity index (χ0n) is 13.4. The van der Waals surface area contributed by atoms with Gasteiger partial charge in [-0.05, 0) is 45.1 Å². The summed E-state index contributed by atoms with van der Waals surface area (Å²) in [4.78, 5) is 2.41. The molecule has 1 aliphatic carbocycles. The van der Waals surface area contributed by atoms with E-state index in [1.165, 1.54) is 37.7 Å². The molecular weight excluding hydrogens is 328 g/mol. The largest absolute Gasteiger partial charge is 0.496 e. The number of methoxy groups -OCH3 is 1. The number of hydrogen-bond acceptors (Lipinski definition) is 3. The summed E-state index contributed by atoms with van der Waals surface area (Å²) in [5.41, 5.74) is 1.52. The summed E-state index contributed by atoms with van der Waals surface area (Å²) >= 11 is 3.54. The Balaban J connectivity index is 1.98. The van der Waals surface area contributed by atoms with E-state index in [0.29, 0.717) is 5.54 Å². The first kappa shape index (κ1) is 16.8. The predicted octanol–water partition coefficient (Wildman–Crippen LogP) is 3.81. The Morgan fingerprint density at radius 3 is 2.57 bits per heavy atom. The van der Waals surface area contributed by atoms with E-state index >= 15 is 0 Å². The quantitative estimate of drug-likeness (QED) is 0.840. The number of hydrogen-bond donors (Lipinski definition) is 1. The molecule has 0 atom stereocenters. The second-order valence-electron chi connectivity index (χ2n) is 6.24. The third-order valence-electron chi connectivity index (χ3n) is 4.74. The van der Waals surface area contributed by atoms with Gasteiger partial charge < -0.3 is 15.0 Å². The Hall–Kier alpha value is -0.580. The van der Waals surface area contributed by atoms with Crippen molar-refractivity contribution in [3.05, 3.63) is 28.2 Å². The minimum Gasteiger partial charge on any atom is -0.496 e. The van der Waals surface area contributed by atoms with Crippen molar-refractivity contribution in [2.75, 3.05) is 27.7 Å². The molecule has 1 aliphatic rings. The van der Waals surface area contributed by atoms with Gasteiger partial charge in [-0.1, -0.05) is 35.2 Å². The first-order valence-corrected chi connectivity index (χ1v) is 8.57. The van der Waals surface area contributed by atoms with Gasteiger partial charge in [0, 0.05) is 28.7 Å². The maximum absolute atomic E-state index is 5.44. The summed E-state index contributed by atoms with van der Waals surface area (Å²) in [5.74, 6) is 0.952. The van der Waals surface area contributed by atoms with Gasteiger partial charge in [0.05, 0.1) is 7.11 Å². The minimum absolute atomic E-state index is 0.317. The lowest BCUT2D eigenvalue weighted by Crippen LogP contribution is -2.52. The van der Waals surface area contributed by atoms with Crippen molar-refractivity contribution in [2.45, 2.75) is 44.2 Å². The summed E-state index contributed by atoms with van der Waals surface area (Å²) in [6, 6.07) is 6.17. The fourth-order valence-corrected chi connectivity index (χ4v) is 3.72. The van der Waals surface area contributed by atoms with Crippen LogP contribution in [0, 0.1) is 0 Å². The summed E-state index contributed by atoms with van der Waals surface area (Å²) < 4.78 is 6.54. The van der Waals surface area contributed by atoms with E-state index in [4.69, 9.17) is 4.74 Å². The highest BCUT2D eigenvalue weighted by molar-refractivity contribution is 9.10. The second-order valence-corrected chi connectivity index (χ2v) is 7.15. The second kappa shape index (κ2) is 7.61. The molecule has 0 aromatic heterocycles. The zero-order chi connectivity index (χ0) is 15.3. The van der Waals surface area contributed by atoms with E-state index in [0.717, 1.165) is 23.3 Å². The number of benzene rings is 1. The number of ether oxygens (including phenoxy) is 1. The van der Waals surface area contributed by atoms with Crippen molar-refractivity contribution < 1.29 is 4.74 Å². The fourth-order valence-electron chi connectivity index (χ4n) is 3.31. The number of nitrogens with zero attached hydrogens (tertiary/aromatic N) is 1. The molecule has 2 rings (SSSR count). The van der Waals surface area contributed by atoms with Crippen molar-refractivity contribution in [1.29, 1.82) is 0 Å². The summed E-state index contributed by atoms with van der Waals surface area (Å²) in [7, 11) is 6.16. The number of likely N-dealkylation sites (N-methyl/N-ethyl adjacent to an activating group) is 1. The molecule has 0 aliphatic heterocycles. The molecule has 1 saturated carbocycles. The molecule has 21 heavy (non-hydrogen) atoms. The van der Waals surface area contributed by atoms with E-state index < -0.39 is 0 Å². The van der Waals surface area contributed by atoms with E-state index in [1.807, 2.05) is 12.1 Å². The molecule has 0 heterocycles. The molecule has 0 radical (unpaired) electrons. The molecule has 0 unspecified atom stereocenters. The van der Waals surface area contributed by atoms with E-state index in [2.05, 4.69) is 46.3 Å². The highest BCUT2D eigenvalue weighted by Crippen LogP contribution is 2.32. The Kier molecular flexibility index (Phi) is 6.08. The third kappa shape index (κ3) is 4.21. The zero-order valence-corrected chi connectivity index (χ0v) is 15.0. The minimum atomic E-state index is 0.317. The van der Waals surface area contributed by atoms with Crippen molar-refractivity contribution in [3.8, 4) is 5.75 Å². The van der Waals surface area contributed by atoms with Crippen LogP contribution < -0.4 is 10.1 Å². The normalized spacial score (nSPS) is 18.0. The monoisotopic (exact) mass is 354 g/mol. The number of halogens is 1. The molecule has 1 fully saturated rings. The summed E-state index contributed by atoms with van der Waals surface area (Å²) in [6.07, 6.45) is 6.67. The topological polar surface area (TPSA) is 24.5 Å². The lowest BCUT2D eigenvalue weighted by Gasteiger charge is -2.43. The molecule has 0 saturated heterocycles. The molecular formula is C17H27BrN2O. The Bertz CT molecular complexity index is 456. The highest BCUT2D eigenvalue weighted by atomic mass is 79.9. The van der Waals surface area contributed by atoms with Crippen LogP contribution in [-0.2, 0) is 6.54 Å². The molecule has 118 valence electrons. The molecule has 1 aromatic rings. The summed E-state index contributed by atoms with van der Waals surface area (Å²) in [6.45, 7) is 1.88. The molecule has 1 aromatic carbocycles. The molecule has 0 spiro atoms. The van der Waals surface area contributed by atoms with Crippen LogP contribution in [0.4, 0.5) is 0 Å². The van der Waals surface area contributed by atoms with Crippen LogP contribution in [0.1, 0.15) is 37.7 Å². The summed E-state index contributed by atoms with van der Waals surface area (Å²) in [5, 5.41) is 3.65. The van der Waals surface area contributed by atoms with Gasteiger partial charge in [-0.25, -0.2) is 0 Å². The van der Waals surface area contributed by atoms with E-state index in [-0.39, 0.29) is 0 Å². The van der Waals surface area contributed by atoms with Gasteiger partial charge in [0.15, 0.2) is 0 Å². The van der Waals surface area contributed by atoms with Gasteiger partial charge in [-0.3, -0.25) is 0 Å². The molecule has 1 N–H and O–H groups in total. The van der Waals surface area contributed by atoms with Crippen molar-refractivity contribution in [3.63, 3.8) is 0 Å². The van der Waals surface area contributed by atoms with Crippen molar-refractivity contribution >= 4 is 15.9 Å². The Morgan fingerprint density at radius 2 is 1.95 bits per heavy atom. The maximum Gasteiger partial charge on any atom is 0.123 e. The first-order valence-electron chi connectivity index (χ1n) is 7.78. The van der Waals surface area contributed by atoms with Gasteiger partial charge in [0.2, 0.25) is 0 Å². The van der Waals surface area contributed by atoms with Gasteiger partial charge in [0.25, 0.3) is 0 Å². The smallest absolute Gasteiger partial charge is 0.123 e. The van der Waals surface area contributed by atoms with Crippen molar-refractivity contribution in [2.24, 2.45) is 0 Å². The lowest BCUT2D eigenvalue weighted by molar-refractivity contribution is 0.0983. The average molecular weight is 355 g/mol. The van der Waals surface area contributed by atoms with Gasteiger partial charge >= 0.3 is 0 Å². The van der Waals surface area contributed by atoms with Gasteiger partial charge in [-0.15, -0.1) is 0 Å². The Morgan fingerprint density at radius 1 is 1.24 bits per heavy atom. The predicted molar refractivity (Wildman–Crippen MR) is 91.9 cm³/mol. The average Bonchev–Trinajstić information content (AvgIpc) is 2.48. The van der Waals surface area contributed by atoms with Gasteiger partial charge in [0.1, 0.15) is 5.75 Å². The van der Waals surface area contributed by atoms with Crippen LogP contribution in [0.2, 0.25) is 0 Å². The Labute approximate surface area is 137 Å². The van der Waals surface area contributed by atoms with Crippen LogP contribution in [0.5, 0.6) is 5.75 Å². The van der Waals surface area contributed by atoms with Crippen LogP contribution in [0.3, 0.4) is 0 Å². The molecule has 0 amide bonds. The molecule has 4 heteroatoms. The first-order chi connectivity index (χ1) is 10.1. The van der Waals surface area contributed by atoms with E-state index in [9.17, 15) is 0 Å². The van der Waals surface area contributed by atoms with Crippen LogP contribution in [0.15, 0.2) is 22.7 Å². The van der Waals surface area contributed by atoms with Crippen LogP contribution in [-0.4, -0.2) is 38.2 Å². The maximum atomic E-state index is 5.44. The van der Waals surface area contributed by atoms with Gasteiger partial charge in [-0.2, -0.15) is 0 Å². The number of nitrogens with one attached hydrogen (secondary N) is 1. The van der Waals surface area contributed by atoms with Crippen molar-refractivity contribution in [1.82, 2.24) is 10.2 Å². The SMILES string of the molecule is COc1ccc(Br)cc1CNCC1(N(C)C)CCCCC1. The third-order valence-corrected chi connectivity index (χ3v) is 5.24. The fraction of sp³-hybridized carbons (Fsp3) is 0.647. The van der Waals surface area contributed by atoms with Crippen LogP contribution >= 0.6 is 15.9 Å². The van der Waals surface area contributed by atoms with Crippen LogP contribution in [0.25, 0.3) is 0 Å². The highest BCUT2D eigenvalue weighted by Gasteiger charge is 2.33. The van der Waals surface area contributed by atoms with E-state index in [1.54, 1.807) is 7.11 Å².